The summed E-state index contributed by atoms with van der Waals surface area (Å²) in [6.07, 6.45) is 9.10. The number of hydrogen-bond donors (Lipinski definition) is 0. The standard InChI is InChI=1S/C24H29N/c1-19-10-14-22(15-11-19)25(21-8-6-5-7-9-21)23-16-12-20(13-17-23)18-24(2,3)4/h5-10,12-17,19H,11,18H2,1-4H3. The summed E-state index contributed by atoms with van der Waals surface area (Å²) in [4.78, 5) is 2.35. The average Bonchev–Trinajstić information content (AvgIpc) is 2.58. The topological polar surface area (TPSA) is 3.24 Å². The van der Waals surface area contributed by atoms with Gasteiger partial charge in [0.1, 0.15) is 0 Å². The van der Waals surface area contributed by atoms with Crippen molar-refractivity contribution in [2.24, 2.45) is 11.3 Å². The van der Waals surface area contributed by atoms with Crippen molar-refractivity contribution in [1.29, 1.82) is 0 Å². The minimum absolute atomic E-state index is 0.311. The van der Waals surface area contributed by atoms with Gasteiger partial charge in [-0.3, -0.25) is 0 Å². The SMILES string of the molecule is CC1C=CC(N(c2ccccc2)c2ccc(CC(C)(C)C)cc2)=CC1. The van der Waals surface area contributed by atoms with E-state index in [9.17, 15) is 0 Å². The number of anilines is 2. The van der Waals surface area contributed by atoms with Gasteiger partial charge in [-0.2, -0.15) is 0 Å². The maximum Gasteiger partial charge on any atom is 0.0461 e. The van der Waals surface area contributed by atoms with E-state index in [1.165, 1.54) is 22.6 Å². The van der Waals surface area contributed by atoms with Crippen LogP contribution in [0.3, 0.4) is 0 Å². The molecule has 0 N–H and O–H groups in total. The van der Waals surface area contributed by atoms with Gasteiger partial charge in [0, 0.05) is 17.1 Å². The Balaban J connectivity index is 1.94. The van der Waals surface area contributed by atoms with E-state index in [4.69, 9.17) is 0 Å². The lowest BCUT2D eigenvalue weighted by Crippen LogP contribution is -2.17. The normalized spacial score (nSPS) is 17.3. The zero-order valence-corrected chi connectivity index (χ0v) is 15.9. The van der Waals surface area contributed by atoms with Crippen molar-refractivity contribution in [3.05, 3.63) is 84.1 Å². The van der Waals surface area contributed by atoms with E-state index in [-0.39, 0.29) is 0 Å². The fourth-order valence-corrected chi connectivity index (χ4v) is 3.28. The Kier molecular flexibility index (Phi) is 5.13. The number of rotatable bonds is 4. The molecule has 1 aliphatic rings. The molecule has 25 heavy (non-hydrogen) atoms. The molecule has 0 saturated carbocycles. The highest BCUT2D eigenvalue weighted by molar-refractivity contribution is 5.70. The molecule has 1 aliphatic carbocycles. The first-order valence-electron chi connectivity index (χ1n) is 9.25. The highest BCUT2D eigenvalue weighted by Gasteiger charge is 2.16. The van der Waals surface area contributed by atoms with E-state index in [1.807, 2.05) is 0 Å². The molecule has 2 aromatic carbocycles. The maximum absolute atomic E-state index is 2.35. The van der Waals surface area contributed by atoms with Gasteiger partial charge in [0.2, 0.25) is 0 Å². The van der Waals surface area contributed by atoms with Crippen LogP contribution < -0.4 is 4.90 Å². The van der Waals surface area contributed by atoms with Crippen LogP contribution in [0, 0.1) is 11.3 Å². The molecule has 1 heteroatoms. The van der Waals surface area contributed by atoms with Crippen molar-refractivity contribution in [2.75, 3.05) is 4.90 Å². The van der Waals surface area contributed by atoms with Crippen molar-refractivity contribution in [2.45, 2.75) is 40.5 Å². The van der Waals surface area contributed by atoms with Gasteiger partial charge in [0.15, 0.2) is 0 Å². The van der Waals surface area contributed by atoms with Crippen LogP contribution in [0.1, 0.15) is 39.7 Å². The summed E-state index contributed by atoms with van der Waals surface area (Å²) in [6, 6.07) is 19.7. The molecule has 2 aromatic rings. The van der Waals surface area contributed by atoms with Crippen LogP contribution in [0.5, 0.6) is 0 Å². The first kappa shape index (κ1) is 17.5. The van der Waals surface area contributed by atoms with Gasteiger partial charge >= 0.3 is 0 Å². The van der Waals surface area contributed by atoms with Gasteiger partial charge in [0.25, 0.3) is 0 Å². The Morgan fingerprint density at radius 3 is 2.12 bits per heavy atom. The monoisotopic (exact) mass is 331 g/mol. The summed E-state index contributed by atoms with van der Waals surface area (Å²) in [5.74, 6) is 0.621. The molecule has 0 aliphatic heterocycles. The van der Waals surface area contributed by atoms with Crippen LogP contribution in [0.15, 0.2) is 78.5 Å². The Morgan fingerprint density at radius 2 is 1.56 bits per heavy atom. The number of benzene rings is 2. The largest absolute Gasteiger partial charge is 0.311 e. The number of allylic oxidation sites excluding steroid dienone is 3. The van der Waals surface area contributed by atoms with Gasteiger partial charge in [0.05, 0.1) is 0 Å². The molecular weight excluding hydrogens is 302 g/mol. The smallest absolute Gasteiger partial charge is 0.0461 e. The third-order valence-corrected chi connectivity index (χ3v) is 4.50. The van der Waals surface area contributed by atoms with Crippen LogP contribution in [0.4, 0.5) is 11.4 Å². The van der Waals surface area contributed by atoms with Crippen LogP contribution >= 0.6 is 0 Å². The van der Waals surface area contributed by atoms with Gasteiger partial charge in [-0.25, -0.2) is 0 Å². The molecule has 0 heterocycles. The van der Waals surface area contributed by atoms with Crippen molar-refractivity contribution >= 4 is 11.4 Å². The maximum atomic E-state index is 2.35. The molecule has 0 amide bonds. The van der Waals surface area contributed by atoms with Crippen LogP contribution in [-0.2, 0) is 6.42 Å². The summed E-state index contributed by atoms with van der Waals surface area (Å²) in [7, 11) is 0. The van der Waals surface area contributed by atoms with E-state index >= 15 is 0 Å². The predicted molar refractivity (Wildman–Crippen MR) is 109 cm³/mol. The second kappa shape index (κ2) is 7.31. The van der Waals surface area contributed by atoms with Gasteiger partial charge < -0.3 is 4.90 Å². The second-order valence-corrected chi connectivity index (χ2v) is 8.28. The molecular formula is C24H29N. The molecule has 0 radical (unpaired) electrons. The molecule has 1 nitrogen and oxygen atoms in total. The third kappa shape index (κ3) is 4.63. The summed E-state index contributed by atoms with van der Waals surface area (Å²) < 4.78 is 0. The Bertz CT molecular complexity index is 745. The average molecular weight is 332 g/mol. The Hall–Kier alpha value is -2.28. The zero-order valence-electron chi connectivity index (χ0n) is 15.9. The molecule has 3 rings (SSSR count). The summed E-state index contributed by atoms with van der Waals surface area (Å²) in [6.45, 7) is 9.12. The quantitative estimate of drug-likeness (QED) is 0.589. The third-order valence-electron chi connectivity index (χ3n) is 4.50. The molecule has 0 saturated heterocycles. The summed E-state index contributed by atoms with van der Waals surface area (Å²) in [5.41, 5.74) is 5.38. The molecule has 0 fully saturated rings. The predicted octanol–water partition coefficient (Wildman–Crippen LogP) is 6.89. The first-order chi connectivity index (χ1) is 11.9. The first-order valence-corrected chi connectivity index (χ1v) is 9.25. The minimum atomic E-state index is 0.311. The highest BCUT2D eigenvalue weighted by Crippen LogP contribution is 2.33. The molecule has 1 unspecified atom stereocenters. The Morgan fingerprint density at radius 1 is 0.920 bits per heavy atom. The lowest BCUT2D eigenvalue weighted by atomic mass is 9.88. The van der Waals surface area contributed by atoms with E-state index in [2.05, 4.69) is 105 Å². The fraction of sp³-hybridized carbons (Fsp3) is 0.333. The van der Waals surface area contributed by atoms with Crippen molar-refractivity contribution in [3.8, 4) is 0 Å². The lowest BCUT2D eigenvalue weighted by Gasteiger charge is -2.29. The van der Waals surface area contributed by atoms with Crippen LogP contribution in [0.2, 0.25) is 0 Å². The zero-order chi connectivity index (χ0) is 17.9. The number of nitrogens with zero attached hydrogens (tertiary/aromatic N) is 1. The Labute approximate surface area is 152 Å². The highest BCUT2D eigenvalue weighted by atomic mass is 15.1. The lowest BCUT2D eigenvalue weighted by molar-refractivity contribution is 0.411. The van der Waals surface area contributed by atoms with Crippen LogP contribution in [0.25, 0.3) is 0 Å². The fourth-order valence-electron chi connectivity index (χ4n) is 3.28. The van der Waals surface area contributed by atoms with Gasteiger partial charge in [-0.15, -0.1) is 0 Å². The van der Waals surface area contributed by atoms with Crippen LogP contribution in [-0.4, -0.2) is 0 Å². The van der Waals surface area contributed by atoms with Crippen molar-refractivity contribution in [1.82, 2.24) is 0 Å². The molecule has 0 aromatic heterocycles. The minimum Gasteiger partial charge on any atom is -0.311 e. The number of para-hydroxylation sites is 1. The van der Waals surface area contributed by atoms with E-state index in [0.717, 1.165) is 12.8 Å². The molecule has 1 atom stereocenters. The second-order valence-electron chi connectivity index (χ2n) is 8.28. The van der Waals surface area contributed by atoms with E-state index in [1.54, 1.807) is 0 Å². The molecule has 0 spiro atoms. The summed E-state index contributed by atoms with van der Waals surface area (Å²) >= 11 is 0. The van der Waals surface area contributed by atoms with Gasteiger partial charge in [-0.1, -0.05) is 70.2 Å². The van der Waals surface area contributed by atoms with Gasteiger partial charge in [-0.05, 0) is 60.1 Å². The van der Waals surface area contributed by atoms with E-state index in [0.29, 0.717) is 11.3 Å². The van der Waals surface area contributed by atoms with Crippen molar-refractivity contribution in [3.63, 3.8) is 0 Å². The number of hydrogen-bond acceptors (Lipinski definition) is 1. The van der Waals surface area contributed by atoms with E-state index < -0.39 is 0 Å². The molecule has 0 bridgehead atoms. The van der Waals surface area contributed by atoms with Crippen molar-refractivity contribution < 1.29 is 0 Å². The molecule has 130 valence electrons. The summed E-state index contributed by atoms with van der Waals surface area (Å²) in [5, 5.41) is 0.